The molecule has 0 unspecified atom stereocenters. The normalized spacial score (nSPS) is 11.8. The van der Waals surface area contributed by atoms with Crippen molar-refractivity contribution < 1.29 is 14.7 Å². The third-order valence-corrected chi connectivity index (χ3v) is 2.67. The Morgan fingerprint density at radius 3 is 2.70 bits per heavy atom. The fourth-order valence-electron chi connectivity index (χ4n) is 1.63. The van der Waals surface area contributed by atoms with Crippen molar-refractivity contribution in [2.45, 2.75) is 38.8 Å². The molecule has 0 aliphatic carbocycles. The van der Waals surface area contributed by atoms with Crippen LogP contribution in [0.4, 0.5) is 0 Å². The molecule has 0 saturated carbocycles. The molecular weight excluding hydrogens is 266 g/mol. The Bertz CT molecular complexity index is 589. The zero-order valence-electron chi connectivity index (χ0n) is 11.1. The van der Waals surface area contributed by atoms with Gasteiger partial charge in [-0.3, -0.25) is 19.5 Å². The second kappa shape index (κ2) is 7.27. The van der Waals surface area contributed by atoms with Crippen LogP contribution in [0, 0.1) is 0 Å². The van der Waals surface area contributed by atoms with Crippen molar-refractivity contribution in [2.75, 3.05) is 0 Å². The van der Waals surface area contributed by atoms with Gasteiger partial charge in [0, 0.05) is 12.1 Å². The molecule has 0 radical (unpaired) electrons. The van der Waals surface area contributed by atoms with Crippen LogP contribution < -0.4 is 16.4 Å². The van der Waals surface area contributed by atoms with Gasteiger partial charge < -0.3 is 10.4 Å². The van der Waals surface area contributed by atoms with E-state index in [2.05, 4.69) is 10.4 Å². The van der Waals surface area contributed by atoms with Crippen molar-refractivity contribution in [3.63, 3.8) is 0 Å². The first kappa shape index (κ1) is 15.7. The maximum absolute atomic E-state index is 11.7. The highest BCUT2D eigenvalue weighted by atomic mass is 16.4. The van der Waals surface area contributed by atoms with Gasteiger partial charge in [-0.25, -0.2) is 9.48 Å². The summed E-state index contributed by atoms with van der Waals surface area (Å²) in [5.41, 5.74) is -1.06. The SMILES string of the molecule is CCCC[C@H](NC(=O)Cn1[nH]c(=O)ccc1=O)C(=O)O. The van der Waals surface area contributed by atoms with E-state index in [0.717, 1.165) is 23.2 Å². The molecule has 1 amide bonds. The van der Waals surface area contributed by atoms with Crippen molar-refractivity contribution in [2.24, 2.45) is 0 Å². The van der Waals surface area contributed by atoms with Crippen molar-refractivity contribution >= 4 is 11.9 Å². The van der Waals surface area contributed by atoms with Gasteiger partial charge in [-0.05, 0) is 6.42 Å². The number of carbonyl (C=O) groups is 2. The van der Waals surface area contributed by atoms with Gasteiger partial charge >= 0.3 is 5.97 Å². The van der Waals surface area contributed by atoms with Crippen LogP contribution >= 0.6 is 0 Å². The molecule has 8 nitrogen and oxygen atoms in total. The van der Waals surface area contributed by atoms with Gasteiger partial charge in [0.15, 0.2) is 0 Å². The Morgan fingerprint density at radius 1 is 1.40 bits per heavy atom. The van der Waals surface area contributed by atoms with Crippen LogP contribution in [0.2, 0.25) is 0 Å². The van der Waals surface area contributed by atoms with Crippen molar-refractivity contribution in [1.29, 1.82) is 0 Å². The molecule has 1 rings (SSSR count). The van der Waals surface area contributed by atoms with Crippen LogP contribution in [0.1, 0.15) is 26.2 Å². The highest BCUT2D eigenvalue weighted by Gasteiger charge is 2.19. The number of rotatable bonds is 7. The van der Waals surface area contributed by atoms with Gasteiger partial charge in [-0.1, -0.05) is 19.8 Å². The van der Waals surface area contributed by atoms with E-state index in [1.165, 1.54) is 0 Å². The number of aromatic amines is 1. The molecule has 0 aliphatic rings. The molecule has 110 valence electrons. The summed E-state index contributed by atoms with van der Waals surface area (Å²) in [6, 6.07) is 1.10. The second-order valence-corrected chi connectivity index (χ2v) is 4.33. The average molecular weight is 283 g/mol. The predicted octanol–water partition coefficient (Wildman–Crippen LogP) is -0.704. The number of aromatic nitrogens is 2. The molecule has 0 spiro atoms. The van der Waals surface area contributed by atoms with Crippen LogP contribution in [0.5, 0.6) is 0 Å². The van der Waals surface area contributed by atoms with Crippen molar-refractivity contribution in [3.05, 3.63) is 32.8 Å². The highest BCUT2D eigenvalue weighted by Crippen LogP contribution is 2.00. The summed E-state index contributed by atoms with van der Waals surface area (Å²) in [6.07, 6.45) is 1.79. The van der Waals surface area contributed by atoms with Gasteiger partial charge in [-0.15, -0.1) is 0 Å². The Hall–Kier alpha value is -2.38. The fourth-order valence-corrected chi connectivity index (χ4v) is 1.63. The van der Waals surface area contributed by atoms with E-state index in [4.69, 9.17) is 5.11 Å². The highest BCUT2D eigenvalue weighted by molar-refractivity contribution is 5.83. The quantitative estimate of drug-likeness (QED) is 0.610. The minimum Gasteiger partial charge on any atom is -0.480 e. The van der Waals surface area contributed by atoms with Crippen LogP contribution in [0.15, 0.2) is 21.7 Å². The molecule has 0 aromatic carbocycles. The number of hydrogen-bond donors (Lipinski definition) is 3. The molecule has 20 heavy (non-hydrogen) atoms. The number of carbonyl (C=O) groups excluding carboxylic acids is 1. The summed E-state index contributed by atoms with van der Waals surface area (Å²) in [6.45, 7) is 1.49. The molecule has 1 aromatic heterocycles. The lowest BCUT2D eigenvalue weighted by atomic mass is 10.1. The second-order valence-electron chi connectivity index (χ2n) is 4.33. The van der Waals surface area contributed by atoms with Crippen molar-refractivity contribution in [3.8, 4) is 0 Å². The molecule has 3 N–H and O–H groups in total. The Labute approximate surface area is 114 Å². The monoisotopic (exact) mass is 283 g/mol. The first-order valence-corrected chi connectivity index (χ1v) is 6.26. The van der Waals surface area contributed by atoms with Gasteiger partial charge in [0.1, 0.15) is 12.6 Å². The Morgan fingerprint density at radius 2 is 2.10 bits per heavy atom. The lowest BCUT2D eigenvalue weighted by Gasteiger charge is -2.14. The number of unbranched alkanes of at least 4 members (excludes halogenated alkanes) is 1. The largest absolute Gasteiger partial charge is 0.480 e. The third kappa shape index (κ3) is 4.71. The predicted molar refractivity (Wildman–Crippen MR) is 70.4 cm³/mol. The summed E-state index contributed by atoms with van der Waals surface area (Å²) in [4.78, 5) is 45.1. The Balaban J connectivity index is 2.70. The summed E-state index contributed by atoms with van der Waals surface area (Å²) < 4.78 is 0.830. The maximum atomic E-state index is 11.7. The number of nitrogens with zero attached hydrogens (tertiary/aromatic N) is 1. The standard InChI is InChI=1S/C12H17N3O5/c1-2-3-4-8(12(19)20)13-10(17)7-15-11(18)6-5-9(16)14-15/h5-6,8H,2-4,7H2,1H3,(H,13,17)(H,14,16)(H,19,20)/t8-/m0/s1. The topological polar surface area (TPSA) is 121 Å². The number of hydrogen-bond acceptors (Lipinski definition) is 4. The number of H-pyrrole nitrogens is 1. The molecule has 1 heterocycles. The summed E-state index contributed by atoms with van der Waals surface area (Å²) in [5.74, 6) is -1.77. The van der Waals surface area contributed by atoms with E-state index in [1.807, 2.05) is 6.92 Å². The number of amides is 1. The Kier molecular flexibility index (Phi) is 5.70. The zero-order chi connectivity index (χ0) is 15.1. The van der Waals surface area contributed by atoms with E-state index in [-0.39, 0.29) is 0 Å². The lowest BCUT2D eigenvalue weighted by molar-refractivity contribution is -0.142. The minimum absolute atomic E-state index is 0.317. The van der Waals surface area contributed by atoms with Crippen LogP contribution in [-0.4, -0.2) is 32.8 Å². The van der Waals surface area contributed by atoms with E-state index >= 15 is 0 Å². The van der Waals surface area contributed by atoms with Crippen molar-refractivity contribution in [1.82, 2.24) is 15.1 Å². The van der Waals surface area contributed by atoms with Gasteiger partial charge in [0.05, 0.1) is 0 Å². The fraction of sp³-hybridized carbons (Fsp3) is 0.500. The minimum atomic E-state index is -1.12. The van der Waals surface area contributed by atoms with E-state index < -0.39 is 35.6 Å². The van der Waals surface area contributed by atoms with Crippen LogP contribution in [0.3, 0.4) is 0 Å². The first-order chi connectivity index (χ1) is 9.43. The maximum Gasteiger partial charge on any atom is 0.326 e. The molecule has 0 fully saturated rings. The summed E-state index contributed by atoms with van der Waals surface area (Å²) in [7, 11) is 0. The average Bonchev–Trinajstić information content (AvgIpc) is 2.38. The zero-order valence-corrected chi connectivity index (χ0v) is 11.1. The molecular formula is C12H17N3O5. The van der Waals surface area contributed by atoms with Crippen LogP contribution in [-0.2, 0) is 16.1 Å². The van der Waals surface area contributed by atoms with E-state index in [1.54, 1.807) is 0 Å². The molecule has 8 heteroatoms. The van der Waals surface area contributed by atoms with E-state index in [0.29, 0.717) is 12.8 Å². The number of nitrogens with one attached hydrogen (secondary N) is 2. The number of aliphatic carboxylic acids is 1. The lowest BCUT2D eigenvalue weighted by Crippen LogP contribution is -2.44. The van der Waals surface area contributed by atoms with Gasteiger partial charge in [-0.2, -0.15) is 0 Å². The number of carboxylic acid groups (broad SMARTS) is 1. The van der Waals surface area contributed by atoms with E-state index in [9.17, 15) is 19.2 Å². The summed E-state index contributed by atoms with van der Waals surface area (Å²) >= 11 is 0. The number of carboxylic acids is 1. The molecule has 1 atom stereocenters. The molecule has 0 bridgehead atoms. The molecule has 0 aliphatic heterocycles. The van der Waals surface area contributed by atoms with Gasteiger partial charge in [0.2, 0.25) is 5.91 Å². The molecule has 1 aromatic rings. The molecule has 0 saturated heterocycles. The summed E-state index contributed by atoms with van der Waals surface area (Å²) in [5, 5.41) is 13.5. The van der Waals surface area contributed by atoms with Gasteiger partial charge in [0.25, 0.3) is 11.1 Å². The first-order valence-electron chi connectivity index (χ1n) is 6.26. The third-order valence-electron chi connectivity index (χ3n) is 2.67. The smallest absolute Gasteiger partial charge is 0.326 e. The van der Waals surface area contributed by atoms with Crippen LogP contribution in [0.25, 0.3) is 0 Å².